The smallest absolute Gasteiger partial charge is 0.221 e. The van der Waals surface area contributed by atoms with Gasteiger partial charge in [0.1, 0.15) is 0 Å². The SMILES string of the molecule is FC1=C(C(F)(C(F)(F)F)C(F)(F)C(F)(F)C(F)(F)C(F)(F)F)C(F)(F)C1(F)F. The molecule has 0 amide bonds. The van der Waals surface area contributed by atoms with Crippen LogP contribution in [0.2, 0.25) is 0 Å². The molecule has 0 saturated heterocycles. The largest absolute Gasteiger partial charge is 0.460 e. The van der Waals surface area contributed by atoms with Gasteiger partial charge in [0.2, 0.25) is 0 Å². The normalized spacial score (nSPS) is 23.4. The maximum Gasteiger partial charge on any atom is 0.460 e. The van der Waals surface area contributed by atoms with Gasteiger partial charge in [0.05, 0.1) is 5.57 Å². The highest BCUT2D eigenvalue weighted by Crippen LogP contribution is 2.69. The minimum absolute atomic E-state index is 4.40. The number of hydrogen-bond donors (Lipinski definition) is 0. The second-order valence-electron chi connectivity index (χ2n) is 5.21. The summed E-state index contributed by atoms with van der Waals surface area (Å²) in [4.78, 5) is 0. The van der Waals surface area contributed by atoms with E-state index in [1.165, 1.54) is 0 Å². The van der Waals surface area contributed by atoms with E-state index in [4.69, 9.17) is 0 Å². The molecule has 166 valence electrons. The third kappa shape index (κ3) is 2.43. The van der Waals surface area contributed by atoms with E-state index in [1.54, 1.807) is 0 Å². The van der Waals surface area contributed by atoms with E-state index in [1.807, 2.05) is 0 Å². The van der Waals surface area contributed by atoms with Crippen LogP contribution in [0.4, 0.5) is 79.0 Å². The van der Waals surface area contributed by atoms with Gasteiger partial charge in [-0.05, 0) is 0 Å². The zero-order valence-corrected chi connectivity index (χ0v) is 11.8. The molecule has 0 aliphatic heterocycles. The quantitative estimate of drug-likeness (QED) is 0.435. The zero-order valence-electron chi connectivity index (χ0n) is 11.8. The first kappa shape index (κ1) is 24.5. The van der Waals surface area contributed by atoms with Gasteiger partial charge in [0, 0.05) is 0 Å². The van der Waals surface area contributed by atoms with Crippen LogP contribution in [0.25, 0.3) is 0 Å². The standard InChI is InChI=1S/C10F18/c11-2-1(4(13,14)5(2,15)16)3(12,9(23,24)25)6(17,18)7(19,20)8(21,22)10(26,27)28. The van der Waals surface area contributed by atoms with Crippen molar-refractivity contribution in [1.29, 1.82) is 0 Å². The molecule has 1 aliphatic rings. The highest BCUT2D eigenvalue weighted by Gasteiger charge is 2.95. The molecule has 0 saturated carbocycles. The molecule has 0 bridgehead atoms. The fourth-order valence-corrected chi connectivity index (χ4v) is 1.96. The Kier molecular flexibility index (Phi) is 4.85. The number of halogens is 18. The maximum atomic E-state index is 13.9. The topological polar surface area (TPSA) is 0 Å². The summed E-state index contributed by atoms with van der Waals surface area (Å²) in [6.45, 7) is 0. The molecule has 0 aromatic rings. The van der Waals surface area contributed by atoms with Crippen molar-refractivity contribution in [3.63, 3.8) is 0 Å². The van der Waals surface area contributed by atoms with E-state index >= 15 is 0 Å². The van der Waals surface area contributed by atoms with Crippen molar-refractivity contribution < 1.29 is 79.0 Å². The van der Waals surface area contributed by atoms with Crippen LogP contribution in [0.3, 0.4) is 0 Å². The summed E-state index contributed by atoms with van der Waals surface area (Å²) < 4.78 is 229. The van der Waals surface area contributed by atoms with Crippen molar-refractivity contribution in [3.8, 4) is 0 Å². The van der Waals surface area contributed by atoms with Gasteiger partial charge in [0.25, 0.3) is 0 Å². The van der Waals surface area contributed by atoms with Crippen LogP contribution in [0.15, 0.2) is 11.4 Å². The van der Waals surface area contributed by atoms with Crippen LogP contribution in [0.1, 0.15) is 0 Å². The van der Waals surface area contributed by atoms with Crippen LogP contribution in [0, 0.1) is 0 Å². The molecule has 0 radical (unpaired) electrons. The average molecular weight is 462 g/mol. The van der Waals surface area contributed by atoms with Gasteiger partial charge in [-0.2, -0.15) is 70.2 Å². The predicted octanol–water partition coefficient (Wildman–Crippen LogP) is 6.23. The summed E-state index contributed by atoms with van der Waals surface area (Å²) in [6.07, 6.45) is -15.8. The molecule has 18 heteroatoms. The minimum Gasteiger partial charge on any atom is -0.221 e. The van der Waals surface area contributed by atoms with Gasteiger partial charge in [-0.1, -0.05) is 0 Å². The van der Waals surface area contributed by atoms with Crippen LogP contribution < -0.4 is 0 Å². The summed E-state index contributed by atoms with van der Waals surface area (Å²) in [7, 11) is 0. The molecule has 1 unspecified atom stereocenters. The first-order valence-corrected chi connectivity index (χ1v) is 5.90. The van der Waals surface area contributed by atoms with Gasteiger partial charge in [0.15, 0.2) is 5.83 Å². The fraction of sp³-hybridized carbons (Fsp3) is 0.800. The molecule has 0 heterocycles. The lowest BCUT2D eigenvalue weighted by atomic mass is 9.71. The van der Waals surface area contributed by atoms with Gasteiger partial charge < -0.3 is 0 Å². The molecule has 1 aliphatic carbocycles. The Morgan fingerprint density at radius 3 is 1.07 bits per heavy atom. The molecular formula is C10F18. The summed E-state index contributed by atoms with van der Waals surface area (Å²) in [6, 6.07) is 0. The fourth-order valence-electron chi connectivity index (χ4n) is 1.96. The van der Waals surface area contributed by atoms with E-state index in [0.29, 0.717) is 0 Å². The van der Waals surface area contributed by atoms with Gasteiger partial charge >= 0.3 is 47.6 Å². The Morgan fingerprint density at radius 2 is 0.821 bits per heavy atom. The molecular weight excluding hydrogens is 462 g/mol. The van der Waals surface area contributed by atoms with E-state index in [0.717, 1.165) is 0 Å². The molecule has 28 heavy (non-hydrogen) atoms. The second kappa shape index (κ2) is 5.54. The molecule has 0 nitrogen and oxygen atoms in total. The first-order valence-electron chi connectivity index (χ1n) is 5.90. The van der Waals surface area contributed by atoms with Crippen LogP contribution >= 0.6 is 0 Å². The van der Waals surface area contributed by atoms with Crippen LogP contribution in [0.5, 0.6) is 0 Å². The molecule has 1 atom stereocenters. The lowest BCUT2D eigenvalue weighted by molar-refractivity contribution is -0.430. The Labute approximate surface area is 139 Å². The van der Waals surface area contributed by atoms with Gasteiger partial charge in [-0.25, -0.2) is 8.78 Å². The molecule has 0 aromatic carbocycles. The van der Waals surface area contributed by atoms with Gasteiger partial charge in [-0.3, -0.25) is 0 Å². The van der Waals surface area contributed by atoms with Crippen molar-refractivity contribution in [2.75, 3.05) is 0 Å². The number of rotatable bonds is 4. The van der Waals surface area contributed by atoms with E-state index in [9.17, 15) is 79.0 Å². The average Bonchev–Trinajstić information content (AvgIpc) is 2.43. The molecule has 0 fully saturated rings. The monoisotopic (exact) mass is 462 g/mol. The molecule has 0 N–H and O–H groups in total. The number of allylic oxidation sites excluding steroid dienone is 2. The predicted molar refractivity (Wildman–Crippen MR) is 48.8 cm³/mol. The molecule has 0 aromatic heterocycles. The van der Waals surface area contributed by atoms with Crippen LogP contribution in [-0.4, -0.2) is 47.6 Å². The lowest BCUT2D eigenvalue weighted by Crippen LogP contribution is -2.75. The van der Waals surface area contributed by atoms with Crippen molar-refractivity contribution in [2.45, 2.75) is 47.6 Å². The Hall–Kier alpha value is -1.52. The zero-order chi connectivity index (χ0) is 23.2. The Bertz CT molecular complexity index is 673. The van der Waals surface area contributed by atoms with E-state index < -0.39 is 59.0 Å². The van der Waals surface area contributed by atoms with Crippen molar-refractivity contribution in [3.05, 3.63) is 11.4 Å². The van der Waals surface area contributed by atoms with Crippen LogP contribution in [-0.2, 0) is 0 Å². The number of alkyl halides is 17. The van der Waals surface area contributed by atoms with Crippen molar-refractivity contribution in [2.24, 2.45) is 0 Å². The lowest BCUT2D eigenvalue weighted by Gasteiger charge is -2.48. The van der Waals surface area contributed by atoms with Crippen molar-refractivity contribution in [1.82, 2.24) is 0 Å². The Morgan fingerprint density at radius 1 is 0.464 bits per heavy atom. The Balaban J connectivity index is 3.94. The van der Waals surface area contributed by atoms with E-state index in [-0.39, 0.29) is 0 Å². The number of hydrogen-bond acceptors (Lipinski definition) is 0. The minimum atomic E-state index is -8.55. The highest BCUT2D eigenvalue weighted by atomic mass is 19.4. The van der Waals surface area contributed by atoms with Gasteiger partial charge in [-0.15, -0.1) is 0 Å². The highest BCUT2D eigenvalue weighted by molar-refractivity contribution is 5.49. The second-order valence-corrected chi connectivity index (χ2v) is 5.21. The van der Waals surface area contributed by atoms with E-state index in [2.05, 4.69) is 0 Å². The first-order chi connectivity index (χ1) is 11.8. The molecule has 0 spiro atoms. The summed E-state index contributed by atoms with van der Waals surface area (Å²) in [5.74, 6) is -43.1. The summed E-state index contributed by atoms with van der Waals surface area (Å²) >= 11 is 0. The third-order valence-electron chi connectivity index (χ3n) is 3.52. The summed E-state index contributed by atoms with van der Waals surface area (Å²) in [5, 5.41) is 0. The van der Waals surface area contributed by atoms with Crippen molar-refractivity contribution >= 4 is 0 Å². The molecule has 1 rings (SSSR count). The third-order valence-corrected chi connectivity index (χ3v) is 3.52. The summed E-state index contributed by atoms with van der Waals surface area (Å²) in [5.41, 5.74) is -12.9. The maximum absolute atomic E-state index is 13.9.